The predicted octanol–water partition coefficient (Wildman–Crippen LogP) is 20.7. The van der Waals surface area contributed by atoms with E-state index in [9.17, 15) is 0 Å². The molecule has 0 N–H and O–H groups in total. The first-order valence-corrected chi connectivity index (χ1v) is 32.0. The predicted molar refractivity (Wildman–Crippen MR) is 387 cm³/mol. The summed E-state index contributed by atoms with van der Waals surface area (Å²) in [4.78, 5) is 20.4. The van der Waals surface area contributed by atoms with E-state index in [1.165, 1.54) is 54.9 Å². The molecule has 12 aromatic carbocycles. The number of halogens is 1. The van der Waals surface area contributed by atoms with Crippen LogP contribution in [0.5, 0.6) is 0 Å². The number of rotatable bonds is 4. The van der Waals surface area contributed by atoms with Crippen LogP contribution in [0.15, 0.2) is 284 Å². The van der Waals surface area contributed by atoms with Gasteiger partial charge in [0.25, 0.3) is 0 Å². The second-order valence-corrected chi connectivity index (χ2v) is 25.9. The lowest BCUT2D eigenvalue weighted by Crippen LogP contribution is -2.41. The zero-order valence-electron chi connectivity index (χ0n) is 51.0. The molecule has 7 heterocycles. The third-order valence-corrected chi connectivity index (χ3v) is 19.3. The van der Waals surface area contributed by atoms with Crippen molar-refractivity contribution < 1.29 is 9.31 Å². The van der Waals surface area contributed by atoms with Crippen LogP contribution in [0.4, 0.5) is 0 Å². The van der Waals surface area contributed by atoms with E-state index in [1.807, 2.05) is 24.3 Å². The summed E-state index contributed by atoms with van der Waals surface area (Å²) in [6.07, 6.45) is 0. The van der Waals surface area contributed by atoms with Gasteiger partial charge in [-0.25, -0.2) is 19.9 Å². The Balaban J connectivity index is 0.000000114. The summed E-state index contributed by atoms with van der Waals surface area (Å²) in [5.41, 5.74) is 19.5. The average Bonchev–Trinajstić information content (AvgIpc) is 1.46. The third kappa shape index (κ3) is 9.52. The van der Waals surface area contributed by atoms with E-state index in [4.69, 9.17) is 29.2 Å². The van der Waals surface area contributed by atoms with Crippen molar-refractivity contribution in [1.29, 1.82) is 0 Å². The Labute approximate surface area is 539 Å². The van der Waals surface area contributed by atoms with Crippen molar-refractivity contribution in [1.82, 2.24) is 28.7 Å². The second kappa shape index (κ2) is 21.8. The van der Waals surface area contributed by atoms with Gasteiger partial charge in [-0.2, -0.15) is 0 Å². The van der Waals surface area contributed by atoms with E-state index >= 15 is 0 Å². The second-order valence-electron chi connectivity index (χ2n) is 25.0. The Morgan fingerprint density at radius 1 is 0.304 bits per heavy atom. The zero-order chi connectivity index (χ0) is 61.8. The van der Waals surface area contributed by atoms with Crippen LogP contribution < -0.4 is 5.46 Å². The summed E-state index contributed by atoms with van der Waals surface area (Å²) in [6.45, 7) is 8.33. The highest BCUT2D eigenvalue weighted by Crippen LogP contribution is 2.40. The standard InChI is InChI=1S/C38H23N3.C28H24BN3O2.C16H11Br/c1-2-8-27-21-28(18-17-24(27)7-1)25-13-15-26(16-14-25)29-19-20-31-36(23-29)41-35-12-6-5-11-34(35)40-38(41)32-22-30-9-3-4-10-33(30)39-37(31)32;1-27(2)28(3,4)34-29(33-27)18-13-14-19-24(16-18)32-23-12-8-7-11-22(23)31-26(32)20-15-17-9-5-6-10-21(17)30-25(19)20;17-16-9-7-13(8-10-16)15-6-5-12-3-1-2-4-14(12)11-15/h1-23H;5-16H,1-4H3;1-11H. The lowest BCUT2D eigenvalue weighted by atomic mass is 9.78. The summed E-state index contributed by atoms with van der Waals surface area (Å²) in [7, 11) is -0.431. The topological polar surface area (TPSA) is 78.8 Å². The number of fused-ring (bicyclic) bond motifs is 20. The van der Waals surface area contributed by atoms with Crippen molar-refractivity contribution in [3.63, 3.8) is 0 Å². The molecule has 0 saturated carbocycles. The van der Waals surface area contributed by atoms with Crippen LogP contribution in [0.1, 0.15) is 27.7 Å². The van der Waals surface area contributed by atoms with Gasteiger partial charge >= 0.3 is 7.12 Å². The number of hydrogen-bond donors (Lipinski definition) is 0. The molecule has 438 valence electrons. The highest BCUT2D eigenvalue weighted by Gasteiger charge is 2.51. The number of pyridine rings is 4. The van der Waals surface area contributed by atoms with Gasteiger partial charge in [0.1, 0.15) is 11.3 Å². The van der Waals surface area contributed by atoms with Crippen LogP contribution in [0.25, 0.3) is 154 Å². The Bertz CT molecular complexity index is 5980. The third-order valence-electron chi connectivity index (χ3n) is 18.8. The molecule has 92 heavy (non-hydrogen) atoms. The molecule has 19 rings (SSSR count). The number of para-hydroxylation sites is 6. The first kappa shape index (κ1) is 55.5. The summed E-state index contributed by atoms with van der Waals surface area (Å²) >= 11 is 3.46. The van der Waals surface area contributed by atoms with Gasteiger partial charge in [0.15, 0.2) is 0 Å². The first-order chi connectivity index (χ1) is 44.9. The van der Waals surface area contributed by atoms with E-state index in [0.717, 1.165) is 109 Å². The van der Waals surface area contributed by atoms with Crippen molar-refractivity contribution in [2.45, 2.75) is 38.9 Å². The fourth-order valence-corrected chi connectivity index (χ4v) is 13.5. The van der Waals surface area contributed by atoms with E-state index in [0.29, 0.717) is 0 Å². The van der Waals surface area contributed by atoms with Gasteiger partial charge in [0, 0.05) is 36.8 Å². The van der Waals surface area contributed by atoms with Crippen LogP contribution in [0, 0.1) is 0 Å². The number of imidazole rings is 2. The molecule has 6 aromatic heterocycles. The molecule has 0 unspecified atom stereocenters. The summed E-state index contributed by atoms with van der Waals surface area (Å²) < 4.78 is 18.4. The van der Waals surface area contributed by atoms with Crippen LogP contribution in [-0.2, 0) is 9.31 Å². The van der Waals surface area contributed by atoms with Gasteiger partial charge in [-0.05, 0) is 173 Å². The number of benzene rings is 12. The van der Waals surface area contributed by atoms with Gasteiger partial charge in [-0.3, -0.25) is 8.80 Å². The van der Waals surface area contributed by atoms with E-state index in [2.05, 4.69) is 307 Å². The minimum atomic E-state index is -0.431. The molecular weight excluding hydrogens is 1190 g/mol. The van der Waals surface area contributed by atoms with Gasteiger partial charge in [-0.1, -0.05) is 210 Å². The lowest BCUT2D eigenvalue weighted by molar-refractivity contribution is 0.00578. The molecule has 1 aliphatic heterocycles. The minimum absolute atomic E-state index is 0.395. The molecule has 0 radical (unpaired) electrons. The Kier molecular flexibility index (Phi) is 13.1. The molecule has 0 aliphatic carbocycles. The first-order valence-electron chi connectivity index (χ1n) is 31.2. The van der Waals surface area contributed by atoms with Crippen molar-refractivity contribution >= 4 is 149 Å². The van der Waals surface area contributed by atoms with Gasteiger partial charge in [-0.15, -0.1) is 0 Å². The molecule has 0 spiro atoms. The average molecular weight is 1250 g/mol. The number of hydrogen-bond acceptors (Lipinski definition) is 6. The maximum Gasteiger partial charge on any atom is 0.494 e. The van der Waals surface area contributed by atoms with Crippen molar-refractivity contribution in [2.75, 3.05) is 0 Å². The molecule has 0 bridgehead atoms. The molecule has 1 fully saturated rings. The van der Waals surface area contributed by atoms with Gasteiger partial charge in [0.05, 0.1) is 66.4 Å². The summed E-state index contributed by atoms with van der Waals surface area (Å²) in [6, 6.07) is 98.3. The number of nitrogens with zero attached hydrogens (tertiary/aromatic N) is 6. The fourth-order valence-electron chi connectivity index (χ4n) is 13.3. The Hall–Kier alpha value is -10.6. The molecule has 0 amide bonds. The van der Waals surface area contributed by atoms with E-state index in [-0.39, 0.29) is 0 Å². The van der Waals surface area contributed by atoms with E-state index < -0.39 is 18.3 Å². The number of aromatic nitrogens is 6. The summed E-state index contributed by atoms with van der Waals surface area (Å²) in [5, 5.41) is 11.6. The summed E-state index contributed by atoms with van der Waals surface area (Å²) in [5.74, 6) is 0. The van der Waals surface area contributed by atoms with E-state index in [1.54, 1.807) is 0 Å². The monoisotopic (exact) mass is 1250 g/mol. The lowest BCUT2D eigenvalue weighted by Gasteiger charge is -2.32. The van der Waals surface area contributed by atoms with Crippen LogP contribution in [-0.4, -0.2) is 47.1 Å². The fraction of sp³-hybridized carbons (Fsp3) is 0.0732. The Morgan fingerprint density at radius 3 is 1.16 bits per heavy atom. The highest BCUT2D eigenvalue weighted by atomic mass is 79.9. The normalized spacial score (nSPS) is 13.8. The van der Waals surface area contributed by atoms with Crippen molar-refractivity contribution in [2.24, 2.45) is 0 Å². The largest absolute Gasteiger partial charge is 0.494 e. The van der Waals surface area contributed by atoms with Crippen LogP contribution in [0.2, 0.25) is 0 Å². The maximum atomic E-state index is 6.36. The van der Waals surface area contributed by atoms with Crippen molar-refractivity contribution in [3.8, 4) is 33.4 Å². The quantitative estimate of drug-likeness (QED) is 0.0992. The Morgan fingerprint density at radius 2 is 0.674 bits per heavy atom. The molecule has 10 heteroatoms. The molecule has 1 aliphatic rings. The molecule has 1 saturated heterocycles. The minimum Gasteiger partial charge on any atom is -0.399 e. The van der Waals surface area contributed by atoms with Gasteiger partial charge < -0.3 is 9.31 Å². The highest BCUT2D eigenvalue weighted by molar-refractivity contribution is 9.10. The molecule has 18 aromatic rings. The molecule has 8 nitrogen and oxygen atoms in total. The smallest absolute Gasteiger partial charge is 0.399 e. The van der Waals surface area contributed by atoms with Crippen molar-refractivity contribution in [3.05, 3.63) is 284 Å². The molecule has 0 atom stereocenters. The SMILES string of the molecule is Brc1ccc(-c2ccc3ccccc3c2)cc1.CC1(C)OB(c2ccc3c4nc5ccccc5cc4c4nc5ccccc5n4c3c2)OC1(C)C.c1ccc2cc(-c3ccc(-c4ccc5c6nc7ccccc7cc6c6nc7ccccc7n6c5c4)cc3)ccc2c1. The van der Waals surface area contributed by atoms with Crippen LogP contribution >= 0.6 is 15.9 Å². The maximum absolute atomic E-state index is 6.36. The van der Waals surface area contributed by atoms with Crippen LogP contribution in [0.3, 0.4) is 0 Å². The van der Waals surface area contributed by atoms with Gasteiger partial charge in [0.2, 0.25) is 0 Å². The molecular formula is C82H58BBrN6O2. The zero-order valence-corrected chi connectivity index (χ0v) is 52.6.